The van der Waals surface area contributed by atoms with Gasteiger partial charge in [0, 0.05) is 22.2 Å². The molecule has 23 heavy (non-hydrogen) atoms. The molecule has 2 aromatic carbocycles. The summed E-state index contributed by atoms with van der Waals surface area (Å²) >= 11 is 0. The third kappa shape index (κ3) is 2.94. The lowest BCUT2D eigenvalue weighted by Gasteiger charge is -2.05. The van der Waals surface area contributed by atoms with E-state index in [2.05, 4.69) is 4.98 Å². The summed E-state index contributed by atoms with van der Waals surface area (Å²) in [5, 5.41) is 10.0. The fourth-order valence-electron chi connectivity index (χ4n) is 2.52. The molecule has 0 spiro atoms. The number of carbonyl (C=O) groups excluding carboxylic acids is 2. The second-order valence-electron chi connectivity index (χ2n) is 5.22. The van der Waals surface area contributed by atoms with Crippen molar-refractivity contribution < 1.29 is 19.4 Å². The van der Waals surface area contributed by atoms with Crippen molar-refractivity contribution in [3.05, 3.63) is 65.4 Å². The lowest BCUT2D eigenvalue weighted by atomic mass is 10.1. The monoisotopic (exact) mass is 309 g/mol. The summed E-state index contributed by atoms with van der Waals surface area (Å²) in [6.45, 7) is 1.48. The van der Waals surface area contributed by atoms with Gasteiger partial charge < -0.3 is 14.8 Å². The number of para-hydroxylation sites is 1. The Balaban J connectivity index is 1.75. The van der Waals surface area contributed by atoms with Gasteiger partial charge in [-0.2, -0.15) is 0 Å². The molecule has 0 bridgehead atoms. The van der Waals surface area contributed by atoms with Crippen molar-refractivity contribution in [3.63, 3.8) is 0 Å². The fraction of sp³-hybridized carbons (Fsp3) is 0.111. The van der Waals surface area contributed by atoms with E-state index >= 15 is 0 Å². The summed E-state index contributed by atoms with van der Waals surface area (Å²) in [6.07, 6.45) is 0. The van der Waals surface area contributed by atoms with Gasteiger partial charge in [-0.05, 0) is 37.3 Å². The first-order chi connectivity index (χ1) is 11.1. The summed E-state index contributed by atoms with van der Waals surface area (Å²) in [4.78, 5) is 27.5. The van der Waals surface area contributed by atoms with E-state index in [9.17, 15) is 14.7 Å². The Morgan fingerprint density at radius 2 is 1.78 bits per heavy atom. The molecule has 0 saturated heterocycles. The summed E-state index contributed by atoms with van der Waals surface area (Å²) in [6, 6.07) is 13.2. The minimum absolute atomic E-state index is 0.0621. The minimum Gasteiger partial charge on any atom is -0.508 e. The Bertz CT molecular complexity index is 878. The number of aromatic hydroxyl groups is 1. The average molecular weight is 309 g/mol. The number of nitrogens with one attached hydrogen (secondary N) is 1. The molecule has 1 heterocycles. The van der Waals surface area contributed by atoms with Crippen LogP contribution in [0.2, 0.25) is 0 Å². The van der Waals surface area contributed by atoms with Gasteiger partial charge in [0.1, 0.15) is 5.75 Å². The van der Waals surface area contributed by atoms with Gasteiger partial charge in [0.05, 0.1) is 5.56 Å². The number of rotatable bonds is 4. The second-order valence-corrected chi connectivity index (χ2v) is 5.22. The van der Waals surface area contributed by atoms with Crippen LogP contribution in [-0.2, 0) is 4.74 Å². The smallest absolute Gasteiger partial charge is 0.338 e. The second kappa shape index (κ2) is 5.96. The number of aryl methyl sites for hydroxylation is 1. The van der Waals surface area contributed by atoms with Crippen LogP contribution < -0.4 is 0 Å². The van der Waals surface area contributed by atoms with Crippen molar-refractivity contribution >= 4 is 22.7 Å². The number of carbonyl (C=O) groups is 2. The van der Waals surface area contributed by atoms with E-state index in [0.717, 1.165) is 16.6 Å². The number of H-pyrrole nitrogens is 1. The molecule has 2 N–H and O–H groups in total. The number of hydrogen-bond donors (Lipinski definition) is 2. The number of esters is 1. The van der Waals surface area contributed by atoms with E-state index in [-0.39, 0.29) is 23.7 Å². The van der Waals surface area contributed by atoms with Gasteiger partial charge >= 0.3 is 5.97 Å². The third-order valence-corrected chi connectivity index (χ3v) is 3.61. The van der Waals surface area contributed by atoms with Gasteiger partial charge in [0.15, 0.2) is 6.61 Å². The van der Waals surface area contributed by atoms with Crippen molar-refractivity contribution in [1.82, 2.24) is 4.98 Å². The summed E-state index contributed by atoms with van der Waals surface area (Å²) in [7, 11) is 0. The molecular weight excluding hydrogens is 294 g/mol. The highest BCUT2D eigenvalue weighted by Gasteiger charge is 2.18. The number of aromatic amines is 1. The predicted molar refractivity (Wildman–Crippen MR) is 85.8 cm³/mol. The Labute approximate surface area is 132 Å². The van der Waals surface area contributed by atoms with E-state index < -0.39 is 5.97 Å². The molecule has 0 aliphatic heterocycles. The predicted octanol–water partition coefficient (Wildman–Crippen LogP) is 3.22. The van der Waals surface area contributed by atoms with Crippen LogP contribution in [0.25, 0.3) is 10.9 Å². The number of phenolic OH excluding ortho intramolecular Hbond substituents is 1. The number of Topliss-reactive ketones (excluding diaryl/α,β-unsaturated/α-hetero) is 1. The molecule has 5 heteroatoms. The number of aromatic nitrogens is 1. The van der Waals surface area contributed by atoms with Gasteiger partial charge in [0.25, 0.3) is 0 Å². The van der Waals surface area contributed by atoms with Crippen LogP contribution in [0.15, 0.2) is 48.5 Å². The van der Waals surface area contributed by atoms with Crippen LogP contribution in [0.1, 0.15) is 26.4 Å². The van der Waals surface area contributed by atoms with Crippen LogP contribution in [-0.4, -0.2) is 28.4 Å². The number of ketones is 1. The summed E-state index contributed by atoms with van der Waals surface area (Å²) in [5.74, 6) is -0.796. The third-order valence-electron chi connectivity index (χ3n) is 3.61. The van der Waals surface area contributed by atoms with Crippen molar-refractivity contribution in [2.45, 2.75) is 6.92 Å². The molecule has 3 rings (SSSR count). The first-order valence-corrected chi connectivity index (χ1v) is 7.13. The highest BCUT2D eigenvalue weighted by Crippen LogP contribution is 2.22. The molecule has 0 amide bonds. The van der Waals surface area contributed by atoms with Crippen LogP contribution in [0, 0.1) is 6.92 Å². The molecule has 0 saturated carbocycles. The summed E-state index contributed by atoms with van der Waals surface area (Å²) in [5.41, 5.74) is 2.44. The maximum absolute atomic E-state index is 12.4. The lowest BCUT2D eigenvalue weighted by molar-refractivity contribution is 0.0475. The SMILES string of the molecule is Cc1[nH]c2ccccc2c1C(=O)COC(=O)c1ccc(O)cc1. The molecule has 5 nitrogen and oxygen atoms in total. The molecule has 0 radical (unpaired) electrons. The summed E-state index contributed by atoms with van der Waals surface area (Å²) < 4.78 is 5.07. The van der Waals surface area contributed by atoms with E-state index in [4.69, 9.17) is 4.74 Å². The fourth-order valence-corrected chi connectivity index (χ4v) is 2.52. The van der Waals surface area contributed by atoms with Crippen LogP contribution >= 0.6 is 0 Å². The first kappa shape index (κ1) is 14.8. The van der Waals surface area contributed by atoms with Crippen LogP contribution in [0.4, 0.5) is 0 Å². The van der Waals surface area contributed by atoms with Crippen LogP contribution in [0.5, 0.6) is 5.75 Å². The molecule has 0 aliphatic rings. The zero-order chi connectivity index (χ0) is 16.4. The number of phenols is 1. The Morgan fingerprint density at radius 1 is 1.09 bits per heavy atom. The normalized spacial score (nSPS) is 10.7. The van der Waals surface area contributed by atoms with Crippen molar-refractivity contribution in [3.8, 4) is 5.75 Å². The quantitative estimate of drug-likeness (QED) is 0.573. The molecule has 116 valence electrons. The zero-order valence-electron chi connectivity index (χ0n) is 12.5. The Morgan fingerprint density at radius 3 is 2.52 bits per heavy atom. The maximum atomic E-state index is 12.4. The van der Waals surface area contributed by atoms with Crippen LogP contribution in [0.3, 0.4) is 0 Å². The van der Waals surface area contributed by atoms with Crippen molar-refractivity contribution in [1.29, 1.82) is 0 Å². The van der Waals surface area contributed by atoms with Gasteiger partial charge in [-0.15, -0.1) is 0 Å². The standard InChI is InChI=1S/C18H15NO4/c1-11-17(14-4-2-3-5-15(14)19-11)16(21)10-23-18(22)12-6-8-13(20)9-7-12/h2-9,19-20H,10H2,1H3. The Hall–Kier alpha value is -3.08. The van der Waals surface area contributed by atoms with Gasteiger partial charge in [-0.1, -0.05) is 18.2 Å². The zero-order valence-corrected chi connectivity index (χ0v) is 12.5. The molecule has 0 aliphatic carbocycles. The topological polar surface area (TPSA) is 79.4 Å². The van der Waals surface area contributed by atoms with E-state index in [1.807, 2.05) is 31.2 Å². The van der Waals surface area contributed by atoms with Gasteiger partial charge in [-0.25, -0.2) is 4.79 Å². The minimum atomic E-state index is -0.601. The lowest BCUT2D eigenvalue weighted by Crippen LogP contribution is -2.14. The largest absolute Gasteiger partial charge is 0.508 e. The highest BCUT2D eigenvalue weighted by atomic mass is 16.5. The van der Waals surface area contributed by atoms with E-state index in [1.54, 1.807) is 0 Å². The molecule has 1 aromatic heterocycles. The van der Waals surface area contributed by atoms with Gasteiger partial charge in [-0.3, -0.25) is 4.79 Å². The highest BCUT2D eigenvalue weighted by molar-refractivity contribution is 6.10. The molecular formula is C18H15NO4. The van der Waals surface area contributed by atoms with Crippen molar-refractivity contribution in [2.24, 2.45) is 0 Å². The molecule has 0 unspecified atom stereocenters. The number of ether oxygens (including phenoxy) is 1. The Kier molecular flexibility index (Phi) is 3.85. The van der Waals surface area contributed by atoms with E-state index in [0.29, 0.717) is 5.56 Å². The van der Waals surface area contributed by atoms with Gasteiger partial charge in [0.2, 0.25) is 5.78 Å². The van der Waals surface area contributed by atoms with E-state index in [1.165, 1.54) is 24.3 Å². The average Bonchev–Trinajstić information content (AvgIpc) is 2.88. The number of hydrogen-bond acceptors (Lipinski definition) is 4. The number of benzene rings is 2. The molecule has 0 fully saturated rings. The molecule has 0 atom stereocenters. The first-order valence-electron chi connectivity index (χ1n) is 7.13. The number of fused-ring (bicyclic) bond motifs is 1. The molecule has 3 aromatic rings. The maximum Gasteiger partial charge on any atom is 0.338 e. The van der Waals surface area contributed by atoms with Crippen molar-refractivity contribution in [2.75, 3.05) is 6.61 Å².